The van der Waals surface area contributed by atoms with E-state index in [1.807, 2.05) is 18.2 Å². The molecule has 0 atom stereocenters. The molecule has 0 amide bonds. The number of rotatable bonds is 5. The van der Waals surface area contributed by atoms with Crippen LogP contribution in [-0.4, -0.2) is 54.7 Å². The SMILES string of the molecule is CN(CCC1CNNC1)c1nc(-c2ccccn2)nc2c1CCNCC2. The van der Waals surface area contributed by atoms with Crippen LogP contribution in [0.2, 0.25) is 0 Å². The van der Waals surface area contributed by atoms with Crippen LogP contribution >= 0.6 is 0 Å². The van der Waals surface area contributed by atoms with Gasteiger partial charge < -0.3 is 10.2 Å². The summed E-state index contributed by atoms with van der Waals surface area (Å²) in [6, 6.07) is 5.90. The number of nitrogens with one attached hydrogen (secondary N) is 3. The molecule has 26 heavy (non-hydrogen) atoms. The van der Waals surface area contributed by atoms with Crippen molar-refractivity contribution in [3.05, 3.63) is 35.7 Å². The average molecular weight is 353 g/mol. The largest absolute Gasteiger partial charge is 0.359 e. The van der Waals surface area contributed by atoms with E-state index in [1.54, 1.807) is 6.20 Å². The third-order valence-corrected chi connectivity index (χ3v) is 5.20. The number of nitrogens with zero attached hydrogens (tertiary/aromatic N) is 4. The van der Waals surface area contributed by atoms with Crippen molar-refractivity contribution >= 4 is 5.82 Å². The molecular weight excluding hydrogens is 326 g/mol. The van der Waals surface area contributed by atoms with Crippen molar-refractivity contribution in [1.29, 1.82) is 0 Å². The molecule has 1 fully saturated rings. The molecule has 0 aromatic carbocycles. The van der Waals surface area contributed by atoms with Crippen LogP contribution in [0.4, 0.5) is 5.82 Å². The van der Waals surface area contributed by atoms with Crippen LogP contribution < -0.4 is 21.1 Å². The molecule has 0 bridgehead atoms. The molecule has 3 N–H and O–H groups in total. The fourth-order valence-corrected chi connectivity index (χ4v) is 3.64. The molecule has 0 aliphatic carbocycles. The van der Waals surface area contributed by atoms with E-state index in [4.69, 9.17) is 9.97 Å². The van der Waals surface area contributed by atoms with Gasteiger partial charge in [0.25, 0.3) is 0 Å². The molecule has 2 aliphatic heterocycles. The normalized spacial score (nSPS) is 17.7. The summed E-state index contributed by atoms with van der Waals surface area (Å²) in [5, 5.41) is 3.48. The summed E-state index contributed by atoms with van der Waals surface area (Å²) in [6.45, 7) is 5.02. The van der Waals surface area contributed by atoms with Crippen LogP contribution in [0.1, 0.15) is 17.7 Å². The third kappa shape index (κ3) is 3.85. The summed E-state index contributed by atoms with van der Waals surface area (Å²) < 4.78 is 0. The van der Waals surface area contributed by atoms with Gasteiger partial charge in [0.05, 0.1) is 5.69 Å². The van der Waals surface area contributed by atoms with Gasteiger partial charge in [-0.05, 0) is 37.4 Å². The molecule has 138 valence electrons. The van der Waals surface area contributed by atoms with Gasteiger partial charge in [0, 0.05) is 51.4 Å². The van der Waals surface area contributed by atoms with Gasteiger partial charge in [-0.25, -0.2) is 9.97 Å². The lowest BCUT2D eigenvalue weighted by Gasteiger charge is -2.24. The second-order valence-corrected chi connectivity index (χ2v) is 7.10. The maximum atomic E-state index is 4.94. The monoisotopic (exact) mass is 353 g/mol. The molecule has 7 nitrogen and oxygen atoms in total. The summed E-state index contributed by atoms with van der Waals surface area (Å²) in [5.74, 6) is 2.48. The Balaban J connectivity index is 1.64. The molecule has 0 unspecified atom stereocenters. The number of aromatic nitrogens is 3. The van der Waals surface area contributed by atoms with Crippen LogP contribution in [0.15, 0.2) is 24.4 Å². The molecule has 1 saturated heterocycles. The lowest BCUT2D eigenvalue weighted by molar-refractivity contribution is 0.555. The predicted octanol–water partition coefficient (Wildman–Crippen LogP) is 0.777. The minimum Gasteiger partial charge on any atom is -0.359 e. The Morgan fingerprint density at radius 2 is 1.96 bits per heavy atom. The fourth-order valence-electron chi connectivity index (χ4n) is 3.64. The molecule has 4 heterocycles. The Morgan fingerprint density at radius 1 is 1.12 bits per heavy atom. The van der Waals surface area contributed by atoms with Crippen molar-refractivity contribution in [2.75, 3.05) is 44.7 Å². The van der Waals surface area contributed by atoms with E-state index in [2.05, 4.69) is 33.1 Å². The summed E-state index contributed by atoms with van der Waals surface area (Å²) in [5.41, 5.74) is 9.72. The lowest BCUT2D eigenvalue weighted by Crippen LogP contribution is -2.26. The van der Waals surface area contributed by atoms with Gasteiger partial charge in [0.2, 0.25) is 0 Å². The number of hydrazine groups is 1. The summed E-state index contributed by atoms with van der Waals surface area (Å²) in [6.07, 6.45) is 4.86. The van der Waals surface area contributed by atoms with Crippen LogP contribution in [0.25, 0.3) is 11.5 Å². The molecular formula is C19H27N7. The van der Waals surface area contributed by atoms with E-state index in [0.29, 0.717) is 5.92 Å². The number of hydrogen-bond donors (Lipinski definition) is 3. The number of hydrogen-bond acceptors (Lipinski definition) is 7. The van der Waals surface area contributed by atoms with Gasteiger partial charge in [-0.3, -0.25) is 15.8 Å². The highest BCUT2D eigenvalue weighted by Crippen LogP contribution is 2.26. The molecule has 2 aliphatic rings. The quantitative estimate of drug-likeness (QED) is 0.733. The summed E-state index contributed by atoms with van der Waals surface area (Å²) in [4.78, 5) is 16.6. The maximum Gasteiger partial charge on any atom is 0.180 e. The molecule has 2 aromatic rings. The first-order valence-corrected chi connectivity index (χ1v) is 9.50. The van der Waals surface area contributed by atoms with Gasteiger partial charge in [-0.15, -0.1) is 0 Å². The van der Waals surface area contributed by atoms with Crippen LogP contribution in [-0.2, 0) is 12.8 Å². The third-order valence-electron chi connectivity index (χ3n) is 5.20. The molecule has 4 rings (SSSR count). The highest BCUT2D eigenvalue weighted by atomic mass is 15.4. The first-order valence-electron chi connectivity index (χ1n) is 9.50. The number of pyridine rings is 1. The minimum atomic E-state index is 0.676. The van der Waals surface area contributed by atoms with Gasteiger partial charge >= 0.3 is 0 Å². The van der Waals surface area contributed by atoms with E-state index in [9.17, 15) is 0 Å². The second kappa shape index (κ2) is 8.07. The Bertz CT molecular complexity index is 728. The van der Waals surface area contributed by atoms with Crippen LogP contribution in [0.5, 0.6) is 0 Å². The van der Waals surface area contributed by atoms with E-state index in [-0.39, 0.29) is 0 Å². The summed E-state index contributed by atoms with van der Waals surface area (Å²) >= 11 is 0. The second-order valence-electron chi connectivity index (χ2n) is 7.10. The van der Waals surface area contributed by atoms with Crippen molar-refractivity contribution in [3.8, 4) is 11.5 Å². The minimum absolute atomic E-state index is 0.676. The molecule has 2 aromatic heterocycles. The van der Waals surface area contributed by atoms with Gasteiger partial charge in [0.15, 0.2) is 5.82 Å². The Hall–Kier alpha value is -2.09. The van der Waals surface area contributed by atoms with Crippen molar-refractivity contribution in [1.82, 2.24) is 31.1 Å². The van der Waals surface area contributed by atoms with E-state index < -0.39 is 0 Å². The molecule has 0 spiro atoms. The standard InChI is InChI=1S/C19H27N7/c1-26(11-7-14-12-22-23-13-14)19-15-5-9-20-10-6-16(15)24-18(25-19)17-4-2-3-8-21-17/h2-4,8,14,20,22-23H,5-7,9-13H2,1H3. The summed E-state index contributed by atoms with van der Waals surface area (Å²) in [7, 11) is 2.15. The first-order chi connectivity index (χ1) is 12.8. The van der Waals surface area contributed by atoms with Gasteiger partial charge in [-0.1, -0.05) is 6.07 Å². The number of fused-ring (bicyclic) bond motifs is 1. The molecule has 0 radical (unpaired) electrons. The topological polar surface area (TPSA) is 78.0 Å². The predicted molar refractivity (Wildman–Crippen MR) is 103 cm³/mol. The van der Waals surface area contributed by atoms with Crippen LogP contribution in [0.3, 0.4) is 0 Å². The van der Waals surface area contributed by atoms with Crippen molar-refractivity contribution < 1.29 is 0 Å². The Morgan fingerprint density at radius 3 is 2.77 bits per heavy atom. The zero-order chi connectivity index (χ0) is 17.8. The van der Waals surface area contributed by atoms with Gasteiger partial charge in [-0.2, -0.15) is 0 Å². The first kappa shape index (κ1) is 17.3. The Kier molecular flexibility index (Phi) is 5.38. The lowest BCUT2D eigenvalue weighted by atomic mass is 10.1. The van der Waals surface area contributed by atoms with E-state index >= 15 is 0 Å². The van der Waals surface area contributed by atoms with Crippen molar-refractivity contribution in [2.45, 2.75) is 19.3 Å². The molecule has 0 saturated carbocycles. The fraction of sp³-hybridized carbons (Fsp3) is 0.526. The maximum absolute atomic E-state index is 4.94. The Labute approximate surface area is 154 Å². The zero-order valence-corrected chi connectivity index (χ0v) is 15.3. The van der Waals surface area contributed by atoms with Crippen molar-refractivity contribution in [2.24, 2.45) is 5.92 Å². The number of anilines is 1. The molecule has 7 heteroatoms. The highest BCUT2D eigenvalue weighted by molar-refractivity contribution is 5.58. The average Bonchev–Trinajstić information content (AvgIpc) is 3.09. The zero-order valence-electron chi connectivity index (χ0n) is 15.3. The van der Waals surface area contributed by atoms with E-state index in [0.717, 1.165) is 75.0 Å². The van der Waals surface area contributed by atoms with Gasteiger partial charge in [0.1, 0.15) is 11.5 Å². The smallest absolute Gasteiger partial charge is 0.180 e. The van der Waals surface area contributed by atoms with E-state index in [1.165, 1.54) is 5.56 Å². The van der Waals surface area contributed by atoms with Crippen LogP contribution in [0, 0.1) is 5.92 Å². The van der Waals surface area contributed by atoms with Crippen molar-refractivity contribution in [3.63, 3.8) is 0 Å². The highest BCUT2D eigenvalue weighted by Gasteiger charge is 2.21.